The van der Waals surface area contributed by atoms with Gasteiger partial charge in [0.2, 0.25) is 0 Å². The van der Waals surface area contributed by atoms with Gasteiger partial charge in [-0.25, -0.2) is 0 Å². The molecule has 4 nitrogen and oxygen atoms in total. The van der Waals surface area contributed by atoms with Gasteiger partial charge in [-0.3, -0.25) is 9.78 Å². The van der Waals surface area contributed by atoms with Crippen molar-refractivity contribution in [1.29, 1.82) is 0 Å². The molecule has 0 fully saturated rings. The van der Waals surface area contributed by atoms with Crippen molar-refractivity contribution in [3.63, 3.8) is 0 Å². The summed E-state index contributed by atoms with van der Waals surface area (Å²) in [5, 5.41) is 3.02. The molecule has 0 saturated carbocycles. The molecule has 0 aliphatic rings. The summed E-state index contributed by atoms with van der Waals surface area (Å²) in [4.78, 5) is 15.0. The molecule has 19 heavy (non-hydrogen) atoms. The Hall–Kier alpha value is -2.20. The predicted octanol–water partition coefficient (Wildman–Crippen LogP) is 1.81. The van der Waals surface area contributed by atoms with Crippen LogP contribution in [0.1, 0.15) is 5.56 Å². The first-order valence-corrected chi connectivity index (χ1v) is 5.97. The van der Waals surface area contributed by atoms with Crippen molar-refractivity contribution in [3.8, 4) is 11.1 Å². The lowest BCUT2D eigenvalue weighted by Gasteiger charge is -2.05. The van der Waals surface area contributed by atoms with Crippen molar-refractivity contribution in [2.24, 2.45) is 0 Å². The lowest BCUT2D eigenvalue weighted by atomic mass is 10.1. The molecule has 0 aliphatic heterocycles. The molecule has 0 aliphatic carbocycles. The van der Waals surface area contributed by atoms with Crippen LogP contribution in [0.15, 0.2) is 42.7 Å². The first-order chi connectivity index (χ1) is 9.29. The molecular weight excluding hydrogens is 240 g/mol. The SMILES string of the molecule is COC(=O)CNCc1ccc(-c2c[c]cnc2)cc1. The van der Waals surface area contributed by atoms with Gasteiger partial charge in [0, 0.05) is 30.6 Å². The van der Waals surface area contributed by atoms with Gasteiger partial charge >= 0.3 is 5.97 Å². The maximum absolute atomic E-state index is 10.9. The summed E-state index contributed by atoms with van der Waals surface area (Å²) < 4.78 is 4.55. The molecule has 1 radical (unpaired) electrons. The van der Waals surface area contributed by atoms with Gasteiger partial charge in [0.25, 0.3) is 0 Å². The maximum Gasteiger partial charge on any atom is 0.319 e. The molecule has 2 aromatic rings. The van der Waals surface area contributed by atoms with E-state index in [4.69, 9.17) is 0 Å². The number of nitrogens with one attached hydrogen (secondary N) is 1. The summed E-state index contributed by atoms with van der Waals surface area (Å²) in [6.45, 7) is 0.852. The highest BCUT2D eigenvalue weighted by molar-refractivity contribution is 5.71. The first-order valence-electron chi connectivity index (χ1n) is 5.97. The number of esters is 1. The second-order valence-electron chi connectivity index (χ2n) is 4.05. The topological polar surface area (TPSA) is 51.2 Å². The van der Waals surface area contributed by atoms with Crippen molar-refractivity contribution in [2.45, 2.75) is 6.54 Å². The average Bonchev–Trinajstić information content (AvgIpc) is 2.48. The molecule has 1 N–H and O–H groups in total. The molecule has 1 aromatic carbocycles. The van der Waals surface area contributed by atoms with E-state index in [2.05, 4.69) is 21.1 Å². The minimum atomic E-state index is -0.262. The Balaban J connectivity index is 1.94. The van der Waals surface area contributed by atoms with E-state index >= 15 is 0 Å². The van der Waals surface area contributed by atoms with Gasteiger partial charge in [-0.2, -0.15) is 0 Å². The second kappa shape index (κ2) is 6.66. The van der Waals surface area contributed by atoms with E-state index in [1.165, 1.54) is 7.11 Å². The van der Waals surface area contributed by atoms with Crippen LogP contribution < -0.4 is 5.32 Å². The average molecular weight is 255 g/mol. The van der Waals surface area contributed by atoms with E-state index in [1.54, 1.807) is 12.4 Å². The second-order valence-corrected chi connectivity index (χ2v) is 4.05. The largest absolute Gasteiger partial charge is 0.468 e. The fourth-order valence-corrected chi connectivity index (χ4v) is 1.68. The van der Waals surface area contributed by atoms with Crippen molar-refractivity contribution in [2.75, 3.05) is 13.7 Å². The third-order valence-corrected chi connectivity index (χ3v) is 2.71. The number of methoxy groups -OCH3 is 1. The molecule has 0 amide bonds. The molecular formula is C15H15N2O2. The number of ether oxygens (including phenoxy) is 1. The number of benzene rings is 1. The van der Waals surface area contributed by atoms with E-state index in [1.807, 2.05) is 30.3 Å². The minimum absolute atomic E-state index is 0.218. The molecule has 1 aromatic heterocycles. The number of nitrogens with zero attached hydrogens (tertiary/aromatic N) is 1. The van der Waals surface area contributed by atoms with Crippen molar-refractivity contribution in [1.82, 2.24) is 10.3 Å². The third-order valence-electron chi connectivity index (χ3n) is 2.71. The van der Waals surface area contributed by atoms with Crippen molar-refractivity contribution < 1.29 is 9.53 Å². The first kappa shape index (κ1) is 13.2. The lowest BCUT2D eigenvalue weighted by molar-refractivity contribution is -0.139. The fraction of sp³-hybridized carbons (Fsp3) is 0.200. The molecule has 2 rings (SSSR count). The molecule has 97 valence electrons. The van der Waals surface area contributed by atoms with E-state index < -0.39 is 0 Å². The summed E-state index contributed by atoms with van der Waals surface area (Å²) in [5.74, 6) is -0.262. The van der Waals surface area contributed by atoms with Gasteiger partial charge in [-0.05, 0) is 17.2 Å². The summed E-state index contributed by atoms with van der Waals surface area (Å²) >= 11 is 0. The molecule has 0 atom stereocenters. The van der Waals surface area contributed by atoms with E-state index in [0.29, 0.717) is 6.54 Å². The number of carbonyl (C=O) groups is 1. The molecule has 1 heterocycles. The number of aromatic nitrogens is 1. The van der Waals surface area contributed by atoms with Crippen LogP contribution >= 0.6 is 0 Å². The highest BCUT2D eigenvalue weighted by Gasteiger charge is 2.00. The van der Waals surface area contributed by atoms with Crippen LogP contribution in [0.4, 0.5) is 0 Å². The normalized spacial score (nSPS) is 10.2. The minimum Gasteiger partial charge on any atom is -0.468 e. The Labute approximate surface area is 112 Å². The van der Waals surface area contributed by atoms with E-state index in [9.17, 15) is 4.79 Å². The van der Waals surface area contributed by atoms with Gasteiger partial charge in [-0.15, -0.1) is 0 Å². The molecule has 0 spiro atoms. The Kier molecular flexibility index (Phi) is 4.64. The Morgan fingerprint density at radius 1 is 1.32 bits per heavy atom. The summed E-state index contributed by atoms with van der Waals surface area (Å²) in [6, 6.07) is 12.9. The summed E-state index contributed by atoms with van der Waals surface area (Å²) in [5.41, 5.74) is 3.25. The van der Waals surface area contributed by atoms with Crippen molar-refractivity contribution in [3.05, 3.63) is 54.4 Å². The highest BCUT2D eigenvalue weighted by atomic mass is 16.5. The van der Waals surface area contributed by atoms with Crippen LogP contribution in [0.5, 0.6) is 0 Å². The summed E-state index contributed by atoms with van der Waals surface area (Å²) in [6.07, 6.45) is 3.44. The summed E-state index contributed by atoms with van der Waals surface area (Å²) in [7, 11) is 1.38. The third kappa shape index (κ3) is 3.89. The van der Waals surface area contributed by atoms with Crippen LogP contribution in [0.3, 0.4) is 0 Å². The fourth-order valence-electron chi connectivity index (χ4n) is 1.68. The van der Waals surface area contributed by atoms with Gasteiger partial charge in [0.15, 0.2) is 0 Å². The van der Waals surface area contributed by atoms with Crippen LogP contribution in [-0.2, 0) is 16.1 Å². The number of rotatable bonds is 5. The molecule has 0 bridgehead atoms. The van der Waals surface area contributed by atoms with Crippen LogP contribution in [0, 0.1) is 6.07 Å². The van der Waals surface area contributed by atoms with E-state index in [0.717, 1.165) is 16.7 Å². The Morgan fingerprint density at radius 3 is 2.74 bits per heavy atom. The van der Waals surface area contributed by atoms with Gasteiger partial charge < -0.3 is 10.1 Å². The number of hydrogen-bond donors (Lipinski definition) is 1. The zero-order valence-corrected chi connectivity index (χ0v) is 10.7. The Morgan fingerprint density at radius 2 is 2.11 bits per heavy atom. The van der Waals surface area contributed by atoms with Crippen LogP contribution in [0.25, 0.3) is 11.1 Å². The zero-order chi connectivity index (χ0) is 13.5. The number of pyridine rings is 1. The highest BCUT2D eigenvalue weighted by Crippen LogP contribution is 2.17. The lowest BCUT2D eigenvalue weighted by Crippen LogP contribution is -2.23. The smallest absolute Gasteiger partial charge is 0.319 e. The number of carbonyl (C=O) groups excluding carboxylic acids is 1. The van der Waals surface area contributed by atoms with Gasteiger partial charge in [-0.1, -0.05) is 24.3 Å². The van der Waals surface area contributed by atoms with Crippen LogP contribution in [0.2, 0.25) is 0 Å². The van der Waals surface area contributed by atoms with Crippen molar-refractivity contribution >= 4 is 5.97 Å². The van der Waals surface area contributed by atoms with Gasteiger partial charge in [0.05, 0.1) is 13.7 Å². The number of hydrogen-bond acceptors (Lipinski definition) is 4. The van der Waals surface area contributed by atoms with Crippen LogP contribution in [-0.4, -0.2) is 24.6 Å². The monoisotopic (exact) mass is 255 g/mol. The molecule has 0 unspecified atom stereocenters. The molecule has 4 heteroatoms. The predicted molar refractivity (Wildman–Crippen MR) is 72.2 cm³/mol. The maximum atomic E-state index is 10.9. The van der Waals surface area contributed by atoms with Gasteiger partial charge in [0.1, 0.15) is 0 Å². The zero-order valence-electron chi connectivity index (χ0n) is 10.7. The Bertz CT molecular complexity index is 524. The molecule has 0 saturated heterocycles. The quantitative estimate of drug-likeness (QED) is 0.828. The van der Waals surface area contributed by atoms with E-state index in [-0.39, 0.29) is 12.5 Å². The standard InChI is InChI=1S/C15H15N2O2/c1-19-15(18)11-17-9-12-4-6-13(7-5-12)14-3-2-8-16-10-14/h3-8,10,17H,9,11H2,1H3.